The van der Waals surface area contributed by atoms with Gasteiger partial charge in [0.25, 0.3) is 0 Å². The maximum Gasteiger partial charge on any atom is 2.00 e. The third-order valence-electron chi connectivity index (χ3n) is 3.18. The molecule has 4 heteroatoms. The van der Waals surface area contributed by atoms with Crippen molar-refractivity contribution in [2.45, 2.75) is 12.3 Å². The molecule has 1 aromatic heterocycles. The number of pyridine rings is 1. The number of benzene rings is 1. The van der Waals surface area contributed by atoms with Gasteiger partial charge in [-0.1, -0.05) is 29.8 Å². The van der Waals surface area contributed by atoms with Crippen molar-refractivity contribution in [2.24, 2.45) is 0 Å². The Balaban J connectivity index is 0. The molecule has 0 amide bonds. The average molecular weight is 317 g/mol. The summed E-state index contributed by atoms with van der Waals surface area (Å²) in [5.41, 5.74) is 2.39. The molecule has 0 aliphatic rings. The van der Waals surface area contributed by atoms with Crippen molar-refractivity contribution < 1.29 is 2.85 Å². The van der Waals surface area contributed by atoms with E-state index < -0.39 is 0 Å². The molecule has 1 atom stereocenters. The molecule has 0 radical (unpaired) electrons. The molecule has 0 aliphatic heterocycles. The fourth-order valence-corrected chi connectivity index (χ4v) is 2.28. The summed E-state index contributed by atoms with van der Waals surface area (Å²) in [4.78, 5) is 6.70. The Hall–Kier alpha value is -0.120. The van der Waals surface area contributed by atoms with Gasteiger partial charge in [-0.25, -0.2) is 0 Å². The summed E-state index contributed by atoms with van der Waals surface area (Å²) in [5, 5.41) is 0.774. The first-order valence-corrected chi connectivity index (χ1v) is 6.86. The van der Waals surface area contributed by atoms with Crippen LogP contribution in [0.3, 0.4) is 0 Å². The largest absolute Gasteiger partial charge is 2.00 e. The van der Waals surface area contributed by atoms with E-state index in [0.717, 1.165) is 23.7 Å². The molecule has 20 heavy (non-hydrogen) atoms. The number of hydrogen-bond donors (Lipinski definition) is 0. The van der Waals surface area contributed by atoms with Crippen LogP contribution < -0.4 is 0 Å². The van der Waals surface area contributed by atoms with Gasteiger partial charge in [-0.3, -0.25) is 4.98 Å². The van der Waals surface area contributed by atoms with Gasteiger partial charge in [0.1, 0.15) is 0 Å². The molecule has 2 aromatic rings. The molecule has 1 aromatic carbocycles. The molecular weight excluding hydrogens is 296 g/mol. The Bertz CT molecular complexity index is 509. The van der Waals surface area contributed by atoms with E-state index in [1.165, 1.54) is 5.56 Å². The monoisotopic (exact) mass is 316 g/mol. The van der Waals surface area contributed by atoms with Crippen LogP contribution in [-0.2, 0) is 0 Å². The molecule has 104 valence electrons. The molecule has 0 aliphatic carbocycles. The van der Waals surface area contributed by atoms with Crippen LogP contribution in [-0.4, -0.2) is 68.3 Å². The smallest absolute Gasteiger partial charge is 1.00 e. The van der Waals surface area contributed by atoms with E-state index in [-0.39, 0.29) is 40.6 Å². The predicted octanol–water partition coefficient (Wildman–Crippen LogP) is 3.66. The van der Waals surface area contributed by atoms with Gasteiger partial charge >= 0.3 is 37.7 Å². The van der Waals surface area contributed by atoms with Crippen LogP contribution >= 0.6 is 11.6 Å². The first-order chi connectivity index (χ1) is 9.16. The molecule has 0 fully saturated rings. The Kier molecular flexibility index (Phi) is 8.08. The van der Waals surface area contributed by atoms with E-state index in [4.69, 9.17) is 11.6 Å². The second-order valence-electron chi connectivity index (χ2n) is 4.95. The summed E-state index contributed by atoms with van der Waals surface area (Å²) in [6, 6.07) is 14.2. The summed E-state index contributed by atoms with van der Waals surface area (Å²) in [5.74, 6) is 0.320. The molecule has 0 unspecified atom stereocenters. The molecule has 0 saturated carbocycles. The van der Waals surface area contributed by atoms with Crippen molar-refractivity contribution in [3.8, 4) is 0 Å². The Morgan fingerprint density at radius 3 is 2.40 bits per heavy atom. The number of hydrogen-bond acceptors (Lipinski definition) is 2. The molecule has 0 bridgehead atoms. The quantitative estimate of drug-likeness (QED) is 0.783. The van der Waals surface area contributed by atoms with Gasteiger partial charge in [0.15, 0.2) is 0 Å². The van der Waals surface area contributed by atoms with Crippen LogP contribution in [0, 0.1) is 0 Å². The maximum atomic E-state index is 5.97. The number of halogens is 1. The summed E-state index contributed by atoms with van der Waals surface area (Å²) in [7, 11) is 4.19. The second kappa shape index (κ2) is 9.01. The van der Waals surface area contributed by atoms with Gasteiger partial charge in [0.05, 0.1) is 0 Å². The van der Waals surface area contributed by atoms with E-state index >= 15 is 0 Å². The SMILES string of the molecule is CN(C)CC[C@H](c1ccc(Cl)cc1)c1ccccn1.[Ca+2].[H-].[H-]. The van der Waals surface area contributed by atoms with Crippen molar-refractivity contribution >= 4 is 49.3 Å². The molecule has 2 rings (SSSR count). The third-order valence-corrected chi connectivity index (χ3v) is 3.43. The number of rotatable bonds is 5. The van der Waals surface area contributed by atoms with Crippen LogP contribution in [0.5, 0.6) is 0 Å². The van der Waals surface area contributed by atoms with E-state index in [1.54, 1.807) is 0 Å². The van der Waals surface area contributed by atoms with Crippen molar-refractivity contribution in [1.29, 1.82) is 0 Å². The van der Waals surface area contributed by atoms with Gasteiger partial charge in [0, 0.05) is 22.8 Å². The normalized spacial score (nSPS) is 12.0. The zero-order valence-electron chi connectivity index (χ0n) is 14.1. The molecule has 1 heterocycles. The fourth-order valence-electron chi connectivity index (χ4n) is 2.15. The van der Waals surface area contributed by atoms with Gasteiger partial charge < -0.3 is 7.75 Å². The van der Waals surface area contributed by atoms with Crippen molar-refractivity contribution in [1.82, 2.24) is 9.88 Å². The van der Waals surface area contributed by atoms with Gasteiger partial charge in [0.2, 0.25) is 0 Å². The van der Waals surface area contributed by atoms with Gasteiger partial charge in [-0.2, -0.15) is 0 Å². The van der Waals surface area contributed by atoms with Crippen molar-refractivity contribution in [3.63, 3.8) is 0 Å². The molecule has 0 saturated heterocycles. The topological polar surface area (TPSA) is 16.1 Å². The second-order valence-corrected chi connectivity index (χ2v) is 5.39. The summed E-state index contributed by atoms with van der Waals surface area (Å²) >= 11 is 5.97. The van der Waals surface area contributed by atoms with Crippen molar-refractivity contribution in [3.05, 3.63) is 64.9 Å². The number of nitrogens with zero attached hydrogens (tertiary/aromatic N) is 2. The van der Waals surface area contributed by atoms with Crippen LogP contribution in [0.1, 0.15) is 26.4 Å². The minimum absolute atomic E-state index is 0. The zero-order chi connectivity index (χ0) is 13.7. The standard InChI is InChI=1S/C16H19ClN2.Ca.2H/c1-19(2)12-10-15(16-5-3-4-11-18-16)13-6-8-14(17)9-7-13;;;/h3-9,11,15H,10,12H2,1-2H3;;;/q;+2;2*-1/t15-;;;/m1.../s1. The fraction of sp³-hybridized carbons (Fsp3) is 0.312. The predicted molar refractivity (Wildman–Crippen MR) is 88.7 cm³/mol. The van der Waals surface area contributed by atoms with E-state index in [2.05, 4.69) is 42.2 Å². The molecular formula is C16H21CaClN2. The first-order valence-electron chi connectivity index (χ1n) is 6.48. The minimum atomic E-state index is 0. The van der Waals surface area contributed by atoms with Crippen LogP contribution in [0.2, 0.25) is 5.02 Å². The summed E-state index contributed by atoms with van der Waals surface area (Å²) in [6.07, 6.45) is 2.90. The average Bonchev–Trinajstić information content (AvgIpc) is 2.42. The molecule has 0 N–H and O–H groups in total. The van der Waals surface area contributed by atoms with E-state index in [0.29, 0.717) is 5.92 Å². The van der Waals surface area contributed by atoms with E-state index in [9.17, 15) is 0 Å². The van der Waals surface area contributed by atoms with Gasteiger partial charge in [-0.15, -0.1) is 0 Å². The van der Waals surface area contributed by atoms with Crippen LogP contribution in [0.15, 0.2) is 48.7 Å². The van der Waals surface area contributed by atoms with Crippen molar-refractivity contribution in [2.75, 3.05) is 20.6 Å². The minimum Gasteiger partial charge on any atom is -1.00 e. The number of aromatic nitrogens is 1. The first kappa shape index (κ1) is 17.9. The molecule has 2 nitrogen and oxygen atoms in total. The third kappa shape index (κ3) is 5.34. The van der Waals surface area contributed by atoms with Crippen LogP contribution in [0.25, 0.3) is 0 Å². The Morgan fingerprint density at radius 1 is 1.15 bits per heavy atom. The Morgan fingerprint density at radius 2 is 1.85 bits per heavy atom. The Labute approximate surface area is 159 Å². The van der Waals surface area contributed by atoms with E-state index in [1.807, 2.05) is 30.5 Å². The van der Waals surface area contributed by atoms with Gasteiger partial charge in [-0.05, 0) is 56.9 Å². The summed E-state index contributed by atoms with van der Waals surface area (Å²) < 4.78 is 0. The summed E-state index contributed by atoms with van der Waals surface area (Å²) in [6.45, 7) is 1.03. The maximum absolute atomic E-state index is 5.97. The zero-order valence-corrected chi connectivity index (χ0v) is 15.1. The molecule has 0 spiro atoms. The van der Waals surface area contributed by atoms with Crippen LogP contribution in [0.4, 0.5) is 0 Å².